The predicted octanol–water partition coefficient (Wildman–Crippen LogP) is 3.98. The molecule has 0 unspecified atom stereocenters. The molecule has 2 aromatic heterocycles. The lowest BCUT2D eigenvalue weighted by molar-refractivity contribution is -0.139. The van der Waals surface area contributed by atoms with Crippen LogP contribution in [-0.2, 0) is 20.1 Å². The van der Waals surface area contributed by atoms with E-state index in [4.69, 9.17) is 4.74 Å². The summed E-state index contributed by atoms with van der Waals surface area (Å²) in [6, 6.07) is 6.98. The number of halogens is 3. The van der Waals surface area contributed by atoms with Gasteiger partial charge in [-0.05, 0) is 31.0 Å². The Morgan fingerprint density at radius 1 is 1.18 bits per heavy atom. The molecule has 3 aromatic rings. The van der Waals surface area contributed by atoms with Crippen LogP contribution in [0.1, 0.15) is 18.5 Å². The molecular formula is C20H23F3N4O. The van der Waals surface area contributed by atoms with E-state index in [-0.39, 0.29) is 6.10 Å². The number of benzene rings is 1. The van der Waals surface area contributed by atoms with E-state index in [2.05, 4.69) is 9.88 Å². The van der Waals surface area contributed by atoms with Gasteiger partial charge in [-0.1, -0.05) is 6.07 Å². The number of imidazole rings is 1. The standard InChI is InChI=1S/C20H23F3N4O/c1-25-11-15(24-14-25)12-26-8-5-16(6-9-26)28-19-4-2-3-18-17(19)7-10-27(18)13-20(21,22)23/h2-4,7,10-11,14,16H,5-6,8-9,12-13H2,1H3. The summed E-state index contributed by atoms with van der Waals surface area (Å²) >= 11 is 0. The first-order chi connectivity index (χ1) is 13.4. The third-order valence-electron chi connectivity index (χ3n) is 5.10. The van der Waals surface area contributed by atoms with Gasteiger partial charge in [0.2, 0.25) is 0 Å². The van der Waals surface area contributed by atoms with Crippen molar-refractivity contribution in [3.05, 3.63) is 48.7 Å². The Labute approximate surface area is 161 Å². The van der Waals surface area contributed by atoms with Crippen molar-refractivity contribution in [2.75, 3.05) is 13.1 Å². The van der Waals surface area contributed by atoms with E-state index in [1.54, 1.807) is 24.5 Å². The van der Waals surface area contributed by atoms with Crippen LogP contribution in [0.15, 0.2) is 43.0 Å². The van der Waals surface area contributed by atoms with Crippen LogP contribution in [0.3, 0.4) is 0 Å². The normalized spacial score (nSPS) is 16.7. The monoisotopic (exact) mass is 392 g/mol. The number of alkyl halides is 3. The molecule has 1 saturated heterocycles. The Morgan fingerprint density at radius 2 is 1.96 bits per heavy atom. The molecule has 0 N–H and O–H groups in total. The maximum Gasteiger partial charge on any atom is 0.406 e. The number of fused-ring (bicyclic) bond motifs is 1. The second kappa shape index (κ2) is 7.50. The minimum absolute atomic E-state index is 0.0662. The van der Waals surface area contributed by atoms with Crippen molar-refractivity contribution in [2.45, 2.75) is 38.2 Å². The maximum absolute atomic E-state index is 12.8. The number of hydrogen-bond donors (Lipinski definition) is 0. The average molecular weight is 392 g/mol. The second-order valence-corrected chi connectivity index (χ2v) is 7.37. The molecule has 28 heavy (non-hydrogen) atoms. The van der Waals surface area contributed by atoms with E-state index in [0.717, 1.165) is 43.6 Å². The van der Waals surface area contributed by atoms with Crippen molar-refractivity contribution in [1.29, 1.82) is 0 Å². The number of ether oxygens (including phenoxy) is 1. The fourth-order valence-electron chi connectivity index (χ4n) is 3.77. The molecule has 0 saturated carbocycles. The first kappa shape index (κ1) is 18.9. The van der Waals surface area contributed by atoms with Gasteiger partial charge >= 0.3 is 6.18 Å². The zero-order valence-electron chi connectivity index (χ0n) is 15.7. The lowest BCUT2D eigenvalue weighted by Crippen LogP contribution is -2.37. The topological polar surface area (TPSA) is 35.2 Å². The lowest BCUT2D eigenvalue weighted by atomic mass is 10.1. The Hall–Kier alpha value is -2.48. The number of piperidine rings is 1. The van der Waals surface area contributed by atoms with Gasteiger partial charge in [0.25, 0.3) is 0 Å². The van der Waals surface area contributed by atoms with Gasteiger partial charge in [0.1, 0.15) is 18.4 Å². The van der Waals surface area contributed by atoms with Gasteiger partial charge in [-0.3, -0.25) is 4.90 Å². The molecule has 1 aliphatic rings. The zero-order chi connectivity index (χ0) is 19.7. The van der Waals surface area contributed by atoms with Crippen molar-refractivity contribution in [3.8, 4) is 5.75 Å². The Kier molecular flexibility index (Phi) is 5.05. The van der Waals surface area contributed by atoms with Gasteiger partial charge in [-0.2, -0.15) is 13.2 Å². The van der Waals surface area contributed by atoms with Gasteiger partial charge < -0.3 is 13.9 Å². The van der Waals surface area contributed by atoms with Crippen LogP contribution in [0.4, 0.5) is 13.2 Å². The molecule has 150 valence electrons. The molecule has 4 rings (SSSR count). The smallest absolute Gasteiger partial charge is 0.406 e. The number of likely N-dealkylation sites (tertiary alicyclic amines) is 1. The van der Waals surface area contributed by atoms with Crippen molar-refractivity contribution in [2.24, 2.45) is 7.05 Å². The summed E-state index contributed by atoms with van der Waals surface area (Å²) in [5, 5.41) is 0.725. The van der Waals surface area contributed by atoms with Gasteiger partial charge in [0, 0.05) is 44.5 Å². The third-order valence-corrected chi connectivity index (χ3v) is 5.10. The number of hydrogen-bond acceptors (Lipinski definition) is 3. The number of rotatable bonds is 5. The van der Waals surface area contributed by atoms with E-state index in [1.165, 1.54) is 10.8 Å². The largest absolute Gasteiger partial charge is 0.490 e. The third kappa shape index (κ3) is 4.32. The zero-order valence-corrected chi connectivity index (χ0v) is 15.7. The van der Waals surface area contributed by atoms with Crippen molar-refractivity contribution in [3.63, 3.8) is 0 Å². The minimum atomic E-state index is -4.25. The van der Waals surface area contributed by atoms with Crippen molar-refractivity contribution in [1.82, 2.24) is 19.0 Å². The highest BCUT2D eigenvalue weighted by molar-refractivity contribution is 5.86. The molecular weight excluding hydrogens is 369 g/mol. The lowest BCUT2D eigenvalue weighted by Gasteiger charge is -2.31. The molecule has 1 fully saturated rings. The number of aryl methyl sites for hydroxylation is 1. The van der Waals surface area contributed by atoms with Gasteiger partial charge in [-0.15, -0.1) is 0 Å². The molecule has 5 nitrogen and oxygen atoms in total. The number of aromatic nitrogens is 3. The maximum atomic E-state index is 12.8. The molecule has 0 radical (unpaired) electrons. The van der Waals surface area contributed by atoms with Crippen molar-refractivity contribution < 1.29 is 17.9 Å². The Bertz CT molecular complexity index is 938. The second-order valence-electron chi connectivity index (χ2n) is 7.37. The summed E-state index contributed by atoms with van der Waals surface area (Å²) in [6.45, 7) is 1.65. The molecule has 0 atom stereocenters. The van der Waals surface area contributed by atoms with Crippen LogP contribution < -0.4 is 4.74 Å². The molecule has 1 aromatic carbocycles. The average Bonchev–Trinajstić information content (AvgIpc) is 3.22. The number of nitrogens with zero attached hydrogens (tertiary/aromatic N) is 4. The Balaban J connectivity index is 1.39. The highest BCUT2D eigenvalue weighted by Crippen LogP contribution is 2.31. The summed E-state index contributed by atoms with van der Waals surface area (Å²) in [6.07, 6.45) is 2.88. The van der Waals surface area contributed by atoms with Crippen LogP contribution >= 0.6 is 0 Å². The predicted molar refractivity (Wildman–Crippen MR) is 100 cm³/mol. The molecule has 1 aliphatic heterocycles. The molecule has 0 amide bonds. The van der Waals surface area contributed by atoms with E-state index in [0.29, 0.717) is 11.3 Å². The highest BCUT2D eigenvalue weighted by atomic mass is 19.4. The summed E-state index contributed by atoms with van der Waals surface area (Å²) in [4.78, 5) is 6.72. The van der Waals surface area contributed by atoms with E-state index < -0.39 is 12.7 Å². The van der Waals surface area contributed by atoms with Crippen LogP contribution in [0, 0.1) is 0 Å². The SMILES string of the molecule is Cn1cnc(CN2CCC(Oc3cccc4c3ccn4CC(F)(F)F)CC2)c1. The van der Waals surface area contributed by atoms with Crippen LogP contribution in [-0.4, -0.2) is 44.4 Å². The Morgan fingerprint density at radius 3 is 2.64 bits per heavy atom. The van der Waals surface area contributed by atoms with Crippen LogP contribution in [0.2, 0.25) is 0 Å². The molecule has 3 heterocycles. The van der Waals surface area contributed by atoms with E-state index >= 15 is 0 Å². The molecule has 0 aliphatic carbocycles. The summed E-state index contributed by atoms with van der Waals surface area (Å²) in [5.41, 5.74) is 1.60. The minimum Gasteiger partial charge on any atom is -0.490 e. The molecule has 0 spiro atoms. The van der Waals surface area contributed by atoms with Crippen LogP contribution in [0.25, 0.3) is 10.9 Å². The van der Waals surface area contributed by atoms with Gasteiger partial charge in [-0.25, -0.2) is 4.98 Å². The first-order valence-electron chi connectivity index (χ1n) is 9.38. The molecule has 0 bridgehead atoms. The summed E-state index contributed by atoms with van der Waals surface area (Å²) < 4.78 is 47.6. The first-order valence-corrected chi connectivity index (χ1v) is 9.38. The van der Waals surface area contributed by atoms with Gasteiger partial charge in [0.15, 0.2) is 0 Å². The summed E-state index contributed by atoms with van der Waals surface area (Å²) in [7, 11) is 1.96. The van der Waals surface area contributed by atoms with Crippen molar-refractivity contribution >= 4 is 10.9 Å². The highest BCUT2D eigenvalue weighted by Gasteiger charge is 2.28. The van der Waals surface area contributed by atoms with E-state index in [1.807, 2.05) is 23.9 Å². The van der Waals surface area contributed by atoms with Crippen LogP contribution in [0.5, 0.6) is 5.75 Å². The fraction of sp³-hybridized carbons (Fsp3) is 0.450. The quantitative estimate of drug-likeness (QED) is 0.659. The fourth-order valence-corrected chi connectivity index (χ4v) is 3.77. The van der Waals surface area contributed by atoms with E-state index in [9.17, 15) is 13.2 Å². The molecule has 8 heteroatoms. The van der Waals surface area contributed by atoms with Gasteiger partial charge in [0.05, 0.1) is 17.5 Å². The summed E-state index contributed by atoms with van der Waals surface area (Å²) in [5.74, 6) is 0.654.